The van der Waals surface area contributed by atoms with Gasteiger partial charge in [0.25, 0.3) is 0 Å². The minimum atomic E-state index is -4.46. The van der Waals surface area contributed by atoms with Gasteiger partial charge in [0.05, 0.1) is 18.3 Å². The molecule has 0 bridgehead atoms. The van der Waals surface area contributed by atoms with Crippen LogP contribution in [0.1, 0.15) is 24.5 Å². The summed E-state index contributed by atoms with van der Waals surface area (Å²) in [6, 6.07) is 3.89. The van der Waals surface area contributed by atoms with Gasteiger partial charge in [0, 0.05) is 18.8 Å². The van der Waals surface area contributed by atoms with Crippen LogP contribution in [0.2, 0.25) is 0 Å². The lowest BCUT2D eigenvalue weighted by Crippen LogP contribution is -2.42. The second kappa shape index (κ2) is 5.61. The van der Waals surface area contributed by atoms with Crippen LogP contribution < -0.4 is 4.90 Å². The van der Waals surface area contributed by atoms with Crippen LogP contribution in [0.4, 0.5) is 18.9 Å². The summed E-state index contributed by atoms with van der Waals surface area (Å²) in [5.41, 5.74) is -0.368. The normalized spacial score (nSPS) is 24.0. The van der Waals surface area contributed by atoms with Crippen molar-refractivity contribution in [2.45, 2.75) is 32.2 Å². The Balaban J connectivity index is 2.36. The zero-order valence-electron chi connectivity index (χ0n) is 11.2. The predicted octanol–water partition coefficient (Wildman–Crippen LogP) is 2.40. The summed E-state index contributed by atoms with van der Waals surface area (Å²) in [6.07, 6.45) is -4.46. The molecular weight excluding hydrogens is 271 g/mol. The van der Waals surface area contributed by atoms with Crippen molar-refractivity contribution in [2.75, 3.05) is 18.0 Å². The first-order valence-corrected chi connectivity index (χ1v) is 6.57. The Bertz CT molecular complexity index is 476. The smallest absolute Gasteiger partial charge is 0.393 e. The van der Waals surface area contributed by atoms with E-state index in [9.17, 15) is 18.3 Å². The van der Waals surface area contributed by atoms with Gasteiger partial charge in [-0.15, -0.1) is 0 Å². The fourth-order valence-corrected chi connectivity index (χ4v) is 2.54. The number of aliphatic hydroxyl groups is 2. The Hall–Kier alpha value is -1.27. The van der Waals surface area contributed by atoms with Crippen LogP contribution in [0, 0.1) is 5.92 Å². The molecule has 0 saturated carbocycles. The molecule has 1 aromatic carbocycles. The number of benzene rings is 1. The summed E-state index contributed by atoms with van der Waals surface area (Å²) >= 11 is 0. The van der Waals surface area contributed by atoms with Gasteiger partial charge in [0.2, 0.25) is 0 Å². The van der Waals surface area contributed by atoms with Crippen molar-refractivity contribution in [2.24, 2.45) is 5.92 Å². The first-order valence-electron chi connectivity index (χ1n) is 6.57. The number of piperidine rings is 1. The number of anilines is 1. The SMILES string of the molecule is CC1CN(c2ccc(CO)cc2C(F)(F)F)CCC1O. The highest BCUT2D eigenvalue weighted by Crippen LogP contribution is 2.38. The van der Waals surface area contributed by atoms with E-state index in [0.717, 1.165) is 6.07 Å². The molecule has 2 rings (SSSR count). The number of halogens is 3. The largest absolute Gasteiger partial charge is 0.418 e. The Labute approximate surface area is 115 Å². The van der Waals surface area contributed by atoms with Crippen LogP contribution >= 0.6 is 0 Å². The molecule has 1 saturated heterocycles. The van der Waals surface area contributed by atoms with Crippen molar-refractivity contribution in [1.29, 1.82) is 0 Å². The van der Waals surface area contributed by atoms with Crippen molar-refractivity contribution in [1.82, 2.24) is 0 Å². The van der Waals surface area contributed by atoms with Gasteiger partial charge in [-0.2, -0.15) is 13.2 Å². The van der Waals surface area contributed by atoms with Gasteiger partial charge >= 0.3 is 6.18 Å². The van der Waals surface area contributed by atoms with E-state index in [1.807, 2.05) is 6.92 Å². The molecule has 2 atom stereocenters. The van der Waals surface area contributed by atoms with Crippen molar-refractivity contribution < 1.29 is 23.4 Å². The van der Waals surface area contributed by atoms with Gasteiger partial charge in [0.1, 0.15) is 0 Å². The second-order valence-corrected chi connectivity index (χ2v) is 5.29. The van der Waals surface area contributed by atoms with Gasteiger partial charge in [-0.3, -0.25) is 0 Å². The van der Waals surface area contributed by atoms with Crippen LogP contribution in [0.3, 0.4) is 0 Å². The lowest BCUT2D eigenvalue weighted by Gasteiger charge is -2.37. The summed E-state index contributed by atoms with van der Waals surface area (Å²) in [5.74, 6) is -0.0673. The molecular formula is C14H18F3NO2. The van der Waals surface area contributed by atoms with Crippen LogP contribution in [0.15, 0.2) is 18.2 Å². The molecule has 0 spiro atoms. The van der Waals surface area contributed by atoms with Crippen molar-refractivity contribution in [3.05, 3.63) is 29.3 Å². The second-order valence-electron chi connectivity index (χ2n) is 5.29. The Kier molecular flexibility index (Phi) is 4.25. The molecule has 0 radical (unpaired) electrons. The van der Waals surface area contributed by atoms with Gasteiger partial charge in [-0.1, -0.05) is 13.0 Å². The summed E-state index contributed by atoms with van der Waals surface area (Å²) < 4.78 is 39.4. The van der Waals surface area contributed by atoms with Gasteiger partial charge in [0.15, 0.2) is 0 Å². The maximum absolute atomic E-state index is 13.1. The topological polar surface area (TPSA) is 43.7 Å². The molecule has 0 aliphatic carbocycles. The lowest BCUT2D eigenvalue weighted by molar-refractivity contribution is -0.137. The summed E-state index contributed by atoms with van der Waals surface area (Å²) in [7, 11) is 0. The van der Waals surface area contributed by atoms with Crippen LogP contribution in [0.5, 0.6) is 0 Å². The zero-order chi connectivity index (χ0) is 14.9. The van der Waals surface area contributed by atoms with Crippen LogP contribution in [-0.2, 0) is 12.8 Å². The summed E-state index contributed by atoms with van der Waals surface area (Å²) in [5, 5.41) is 18.7. The van der Waals surface area contributed by atoms with Crippen LogP contribution in [-0.4, -0.2) is 29.4 Å². The zero-order valence-corrected chi connectivity index (χ0v) is 11.2. The van der Waals surface area contributed by atoms with E-state index in [4.69, 9.17) is 5.11 Å². The molecule has 1 fully saturated rings. The minimum Gasteiger partial charge on any atom is -0.393 e. The van der Waals surface area contributed by atoms with Crippen LogP contribution in [0.25, 0.3) is 0 Å². The molecule has 0 amide bonds. The standard InChI is InChI=1S/C14H18F3NO2/c1-9-7-18(5-4-13(9)20)12-3-2-10(8-19)6-11(12)14(15,16)17/h2-3,6,9,13,19-20H,4-5,7-8H2,1H3. The summed E-state index contributed by atoms with van der Waals surface area (Å²) in [6.45, 7) is 2.19. The highest BCUT2D eigenvalue weighted by molar-refractivity contribution is 5.56. The number of aliphatic hydroxyl groups excluding tert-OH is 2. The van der Waals surface area contributed by atoms with Gasteiger partial charge in [-0.25, -0.2) is 0 Å². The highest BCUT2D eigenvalue weighted by Gasteiger charge is 2.36. The average Bonchev–Trinajstić information content (AvgIpc) is 2.40. The molecule has 1 aromatic rings. The predicted molar refractivity (Wildman–Crippen MR) is 69.4 cm³/mol. The number of hydrogen-bond donors (Lipinski definition) is 2. The quantitative estimate of drug-likeness (QED) is 0.878. The monoisotopic (exact) mass is 289 g/mol. The fraction of sp³-hybridized carbons (Fsp3) is 0.571. The van der Waals surface area contributed by atoms with E-state index >= 15 is 0 Å². The Morgan fingerprint density at radius 3 is 2.60 bits per heavy atom. The molecule has 112 valence electrons. The number of rotatable bonds is 2. The molecule has 1 aliphatic rings. The maximum Gasteiger partial charge on any atom is 0.418 e. The molecule has 1 aliphatic heterocycles. The highest BCUT2D eigenvalue weighted by atomic mass is 19.4. The lowest BCUT2D eigenvalue weighted by atomic mass is 9.95. The van der Waals surface area contributed by atoms with Crippen molar-refractivity contribution >= 4 is 5.69 Å². The van der Waals surface area contributed by atoms with Gasteiger partial charge in [-0.05, 0) is 30.0 Å². The third kappa shape index (κ3) is 3.07. The Morgan fingerprint density at radius 1 is 1.35 bits per heavy atom. The molecule has 6 heteroatoms. The minimum absolute atomic E-state index is 0.0673. The third-order valence-corrected chi connectivity index (χ3v) is 3.75. The first kappa shape index (κ1) is 15.1. The molecule has 2 N–H and O–H groups in total. The van der Waals surface area contributed by atoms with E-state index in [-0.39, 0.29) is 17.2 Å². The summed E-state index contributed by atoms with van der Waals surface area (Å²) in [4.78, 5) is 1.65. The number of alkyl halides is 3. The Morgan fingerprint density at radius 2 is 2.05 bits per heavy atom. The van der Waals surface area contributed by atoms with E-state index in [2.05, 4.69) is 0 Å². The van der Waals surface area contributed by atoms with E-state index in [0.29, 0.717) is 19.5 Å². The fourth-order valence-electron chi connectivity index (χ4n) is 2.54. The van der Waals surface area contributed by atoms with E-state index in [1.54, 1.807) is 4.90 Å². The number of nitrogens with zero attached hydrogens (tertiary/aromatic N) is 1. The van der Waals surface area contributed by atoms with E-state index < -0.39 is 24.5 Å². The van der Waals surface area contributed by atoms with E-state index in [1.165, 1.54) is 12.1 Å². The number of hydrogen-bond acceptors (Lipinski definition) is 3. The van der Waals surface area contributed by atoms with Gasteiger partial charge < -0.3 is 15.1 Å². The average molecular weight is 289 g/mol. The molecule has 2 unspecified atom stereocenters. The first-order chi connectivity index (χ1) is 9.32. The third-order valence-electron chi connectivity index (χ3n) is 3.75. The van der Waals surface area contributed by atoms with Crippen molar-refractivity contribution in [3.63, 3.8) is 0 Å². The molecule has 1 heterocycles. The maximum atomic E-state index is 13.1. The molecule has 0 aromatic heterocycles. The van der Waals surface area contributed by atoms with Crippen molar-refractivity contribution in [3.8, 4) is 0 Å². The molecule has 3 nitrogen and oxygen atoms in total. The molecule has 20 heavy (non-hydrogen) atoms.